The molecule has 0 amide bonds. The Morgan fingerprint density at radius 3 is 2.46 bits per heavy atom. The first kappa shape index (κ1) is 8.81. The van der Waals surface area contributed by atoms with Gasteiger partial charge in [0.15, 0.2) is 0 Å². The van der Waals surface area contributed by atoms with Crippen LogP contribution in [-0.4, -0.2) is 30.4 Å². The molecule has 2 aliphatic heterocycles. The molecule has 2 unspecified atom stereocenters. The van der Waals surface area contributed by atoms with Crippen molar-refractivity contribution in [2.75, 3.05) is 6.54 Å². The highest BCUT2D eigenvalue weighted by atomic mass is 16.5. The molecule has 0 aromatic rings. The summed E-state index contributed by atoms with van der Waals surface area (Å²) in [6.45, 7) is 4.82. The molecule has 2 aliphatic rings. The van der Waals surface area contributed by atoms with Crippen LogP contribution in [0.3, 0.4) is 0 Å². The van der Waals surface area contributed by atoms with Gasteiger partial charge >= 0.3 is 0 Å². The summed E-state index contributed by atoms with van der Waals surface area (Å²) in [4.78, 5) is 4.10. The first-order chi connectivity index (χ1) is 6.10. The van der Waals surface area contributed by atoms with Crippen molar-refractivity contribution in [3.8, 4) is 0 Å². The quantitative estimate of drug-likeness (QED) is 0.601. The molecule has 74 valence electrons. The highest BCUT2D eigenvalue weighted by Gasteiger charge is 2.43. The minimum atomic E-state index is -0.166. The molecule has 0 aliphatic carbocycles. The van der Waals surface area contributed by atoms with Crippen molar-refractivity contribution in [3.05, 3.63) is 0 Å². The van der Waals surface area contributed by atoms with Gasteiger partial charge in [-0.2, -0.15) is 0 Å². The molecule has 0 aromatic carbocycles. The zero-order valence-electron chi connectivity index (χ0n) is 8.12. The fourth-order valence-electron chi connectivity index (χ4n) is 2.34. The second-order valence-electron chi connectivity index (χ2n) is 4.11. The molecule has 2 atom stereocenters. The van der Waals surface area contributed by atoms with Crippen molar-refractivity contribution in [1.82, 2.24) is 0 Å². The molecule has 2 heterocycles. The van der Waals surface area contributed by atoms with Crippen LogP contribution in [0.25, 0.3) is 0 Å². The molecule has 13 heavy (non-hydrogen) atoms. The van der Waals surface area contributed by atoms with Crippen LogP contribution >= 0.6 is 0 Å². The van der Waals surface area contributed by atoms with Gasteiger partial charge in [0.2, 0.25) is 0 Å². The third-order valence-electron chi connectivity index (χ3n) is 2.63. The maximum Gasteiger partial charge on any atom is 0.282 e. The Labute approximate surface area is 78.1 Å². The number of hydrogen-bond acceptors (Lipinski definition) is 4. The number of amidine groups is 1. The maximum atomic E-state index is 5.64. The fourth-order valence-corrected chi connectivity index (χ4v) is 2.34. The zero-order chi connectivity index (χ0) is 9.47. The van der Waals surface area contributed by atoms with E-state index in [0.29, 0.717) is 12.6 Å². The number of hydrogen-bond donors (Lipinski definition) is 1. The number of nitrogens with two attached hydrogens (primary N) is 1. The Morgan fingerprint density at radius 1 is 1.38 bits per heavy atom. The SMILES string of the molecule is CC1CC2(CN=C(N)O2)CC(C)O1. The molecule has 0 radical (unpaired) electrons. The van der Waals surface area contributed by atoms with E-state index in [1.807, 2.05) is 0 Å². The number of rotatable bonds is 0. The lowest BCUT2D eigenvalue weighted by Crippen LogP contribution is -2.46. The van der Waals surface area contributed by atoms with Crippen molar-refractivity contribution in [2.45, 2.75) is 44.5 Å². The Morgan fingerprint density at radius 2 is 2.00 bits per heavy atom. The van der Waals surface area contributed by atoms with E-state index < -0.39 is 0 Å². The molecule has 1 spiro atoms. The highest BCUT2D eigenvalue weighted by molar-refractivity contribution is 5.73. The fraction of sp³-hybridized carbons (Fsp3) is 0.889. The van der Waals surface area contributed by atoms with Gasteiger partial charge in [-0.15, -0.1) is 0 Å². The van der Waals surface area contributed by atoms with E-state index in [0.717, 1.165) is 12.8 Å². The molecule has 2 N–H and O–H groups in total. The minimum Gasteiger partial charge on any atom is -0.457 e. The summed E-state index contributed by atoms with van der Waals surface area (Å²) in [6, 6.07) is 0.335. The van der Waals surface area contributed by atoms with Crippen molar-refractivity contribution in [1.29, 1.82) is 0 Å². The van der Waals surface area contributed by atoms with E-state index in [2.05, 4.69) is 18.8 Å². The van der Waals surface area contributed by atoms with E-state index in [-0.39, 0.29) is 17.8 Å². The molecule has 4 heteroatoms. The topological polar surface area (TPSA) is 56.8 Å². The normalized spacial score (nSPS) is 44.6. The molecule has 0 bridgehead atoms. The predicted octanol–water partition coefficient (Wildman–Crippen LogP) is 0.657. The standard InChI is InChI=1S/C9H16N2O2/c1-6-3-9(4-7(2)12-6)5-11-8(10)13-9/h6-7H,3-5H2,1-2H3,(H2,10,11). The average Bonchev–Trinajstić information content (AvgIpc) is 2.28. The average molecular weight is 184 g/mol. The molecule has 1 saturated heterocycles. The lowest BCUT2D eigenvalue weighted by atomic mass is 9.88. The molecule has 1 fully saturated rings. The van der Waals surface area contributed by atoms with Gasteiger partial charge < -0.3 is 15.2 Å². The Kier molecular flexibility index (Phi) is 1.95. The summed E-state index contributed by atoms with van der Waals surface area (Å²) in [5, 5.41) is 0. The van der Waals surface area contributed by atoms with Crippen molar-refractivity contribution < 1.29 is 9.47 Å². The second kappa shape index (κ2) is 2.87. The first-order valence-electron chi connectivity index (χ1n) is 4.74. The summed E-state index contributed by atoms with van der Waals surface area (Å²) in [5.41, 5.74) is 5.35. The van der Waals surface area contributed by atoms with Crippen LogP contribution in [0.4, 0.5) is 0 Å². The van der Waals surface area contributed by atoms with E-state index in [4.69, 9.17) is 15.2 Å². The monoisotopic (exact) mass is 184 g/mol. The minimum absolute atomic E-state index is 0.166. The molecular formula is C9H16N2O2. The summed E-state index contributed by atoms with van der Waals surface area (Å²) < 4.78 is 11.2. The third kappa shape index (κ3) is 1.63. The van der Waals surface area contributed by atoms with Gasteiger partial charge in [-0.05, 0) is 13.8 Å². The third-order valence-corrected chi connectivity index (χ3v) is 2.63. The molecule has 0 saturated carbocycles. The molecule has 2 rings (SSSR count). The highest BCUT2D eigenvalue weighted by Crippen LogP contribution is 2.34. The smallest absolute Gasteiger partial charge is 0.282 e. The largest absolute Gasteiger partial charge is 0.457 e. The van der Waals surface area contributed by atoms with Gasteiger partial charge in [0.1, 0.15) is 5.60 Å². The maximum absolute atomic E-state index is 5.64. The molecule has 0 aromatic heterocycles. The van der Waals surface area contributed by atoms with Crippen LogP contribution < -0.4 is 5.73 Å². The van der Waals surface area contributed by atoms with Gasteiger partial charge in [0.25, 0.3) is 6.02 Å². The van der Waals surface area contributed by atoms with Gasteiger partial charge in [-0.3, -0.25) is 0 Å². The second-order valence-corrected chi connectivity index (χ2v) is 4.11. The predicted molar refractivity (Wildman–Crippen MR) is 49.5 cm³/mol. The van der Waals surface area contributed by atoms with Gasteiger partial charge in [0, 0.05) is 12.8 Å². The van der Waals surface area contributed by atoms with Crippen molar-refractivity contribution in [3.63, 3.8) is 0 Å². The number of ether oxygens (including phenoxy) is 2. The van der Waals surface area contributed by atoms with Crippen molar-refractivity contribution >= 4 is 6.02 Å². The Hall–Kier alpha value is -0.770. The first-order valence-corrected chi connectivity index (χ1v) is 4.74. The Bertz CT molecular complexity index is 230. The zero-order valence-corrected chi connectivity index (χ0v) is 8.12. The summed E-state index contributed by atoms with van der Waals surface area (Å²) >= 11 is 0. The van der Waals surface area contributed by atoms with Crippen molar-refractivity contribution in [2.24, 2.45) is 10.7 Å². The molecular weight excluding hydrogens is 168 g/mol. The van der Waals surface area contributed by atoms with Gasteiger partial charge in [-0.1, -0.05) is 0 Å². The lowest BCUT2D eigenvalue weighted by molar-refractivity contribution is -0.113. The van der Waals surface area contributed by atoms with E-state index in [1.165, 1.54) is 0 Å². The Balaban J connectivity index is 2.07. The van der Waals surface area contributed by atoms with E-state index in [9.17, 15) is 0 Å². The van der Waals surface area contributed by atoms with Crippen LogP contribution in [0, 0.1) is 0 Å². The van der Waals surface area contributed by atoms with Crippen LogP contribution in [-0.2, 0) is 9.47 Å². The summed E-state index contributed by atoms with van der Waals surface area (Å²) in [5.74, 6) is 0. The van der Waals surface area contributed by atoms with Crippen LogP contribution in [0.2, 0.25) is 0 Å². The summed E-state index contributed by atoms with van der Waals surface area (Å²) in [6.07, 6.45) is 2.26. The lowest BCUT2D eigenvalue weighted by Gasteiger charge is -2.38. The number of nitrogens with zero attached hydrogens (tertiary/aromatic N) is 1. The van der Waals surface area contributed by atoms with Gasteiger partial charge in [-0.25, -0.2) is 4.99 Å². The summed E-state index contributed by atoms with van der Waals surface area (Å²) in [7, 11) is 0. The number of aliphatic imine (C=N–C) groups is 1. The molecule has 4 nitrogen and oxygen atoms in total. The van der Waals surface area contributed by atoms with Crippen LogP contribution in [0.15, 0.2) is 4.99 Å². The van der Waals surface area contributed by atoms with Gasteiger partial charge in [0.05, 0.1) is 18.8 Å². The van der Waals surface area contributed by atoms with E-state index >= 15 is 0 Å². The van der Waals surface area contributed by atoms with Crippen LogP contribution in [0.1, 0.15) is 26.7 Å². The van der Waals surface area contributed by atoms with E-state index in [1.54, 1.807) is 0 Å². The van der Waals surface area contributed by atoms with Crippen LogP contribution in [0.5, 0.6) is 0 Å².